The minimum Gasteiger partial charge on any atom is -0.326 e. The van der Waals surface area contributed by atoms with E-state index in [1.54, 1.807) is 11.3 Å². The number of carbonyl (C=O) groups excluding carboxylic acids is 1. The number of anilines is 1. The molecule has 0 aliphatic carbocycles. The van der Waals surface area contributed by atoms with Crippen molar-refractivity contribution in [1.29, 1.82) is 0 Å². The maximum atomic E-state index is 11.3. The van der Waals surface area contributed by atoms with Gasteiger partial charge in [-0.2, -0.15) is 0 Å². The summed E-state index contributed by atoms with van der Waals surface area (Å²) < 4.78 is 0.888. The normalized spacial score (nSPS) is 14.3. The lowest BCUT2D eigenvalue weighted by molar-refractivity contribution is -0.116. The third kappa shape index (κ3) is 2.12. The molecule has 0 unspecified atom stereocenters. The van der Waals surface area contributed by atoms with E-state index in [0.29, 0.717) is 6.42 Å². The van der Waals surface area contributed by atoms with Crippen molar-refractivity contribution in [2.24, 2.45) is 0 Å². The van der Waals surface area contributed by atoms with Crippen LogP contribution in [0.2, 0.25) is 0 Å². The highest BCUT2D eigenvalue weighted by Gasteiger charge is 2.15. The van der Waals surface area contributed by atoms with Crippen molar-refractivity contribution in [3.05, 3.63) is 33.1 Å². The molecule has 3 rings (SSSR count). The zero-order chi connectivity index (χ0) is 11.8. The van der Waals surface area contributed by atoms with Gasteiger partial charge in [0.15, 0.2) is 3.92 Å². The van der Waals surface area contributed by atoms with Crippen LogP contribution in [0.25, 0.3) is 11.3 Å². The highest BCUT2D eigenvalue weighted by Crippen LogP contribution is 2.30. The van der Waals surface area contributed by atoms with Crippen molar-refractivity contribution in [3.63, 3.8) is 0 Å². The Morgan fingerprint density at radius 2 is 2.24 bits per heavy atom. The third-order valence-electron chi connectivity index (χ3n) is 2.77. The van der Waals surface area contributed by atoms with Crippen molar-refractivity contribution < 1.29 is 4.79 Å². The summed E-state index contributed by atoms with van der Waals surface area (Å²) in [4.78, 5) is 15.6. The molecule has 0 atom stereocenters. The van der Waals surface area contributed by atoms with Crippen molar-refractivity contribution in [1.82, 2.24) is 4.98 Å². The number of halogens is 1. The number of nitrogens with one attached hydrogen (secondary N) is 1. The summed E-state index contributed by atoms with van der Waals surface area (Å²) in [7, 11) is 0. The molecule has 86 valence electrons. The van der Waals surface area contributed by atoms with Crippen LogP contribution in [-0.2, 0) is 11.2 Å². The summed E-state index contributed by atoms with van der Waals surface area (Å²) in [6.07, 6.45) is 1.37. The van der Waals surface area contributed by atoms with Crippen molar-refractivity contribution in [2.45, 2.75) is 12.8 Å². The van der Waals surface area contributed by atoms with Crippen LogP contribution in [0.5, 0.6) is 0 Å². The van der Waals surface area contributed by atoms with Crippen LogP contribution in [0.1, 0.15) is 12.0 Å². The van der Waals surface area contributed by atoms with E-state index < -0.39 is 0 Å². The molecule has 0 radical (unpaired) electrons. The van der Waals surface area contributed by atoms with Gasteiger partial charge in [-0.15, -0.1) is 11.3 Å². The van der Waals surface area contributed by atoms with Crippen molar-refractivity contribution in [3.8, 4) is 11.3 Å². The first-order valence-corrected chi connectivity index (χ1v) is 6.94. The smallest absolute Gasteiger partial charge is 0.224 e. The largest absolute Gasteiger partial charge is 0.326 e. The lowest BCUT2D eigenvalue weighted by Crippen LogP contribution is -2.18. The Hall–Kier alpha value is -1.20. The average Bonchev–Trinajstić information content (AvgIpc) is 2.75. The van der Waals surface area contributed by atoms with Crippen LogP contribution in [-0.4, -0.2) is 10.9 Å². The molecule has 0 bridgehead atoms. The predicted octanol–water partition coefficient (Wildman–Crippen LogP) is 3.46. The third-order valence-corrected chi connectivity index (χ3v) is 4.14. The summed E-state index contributed by atoms with van der Waals surface area (Å²) in [5, 5.41) is 4.90. The monoisotopic (exact) mass is 308 g/mol. The predicted molar refractivity (Wildman–Crippen MR) is 72.2 cm³/mol. The minimum atomic E-state index is 0.0988. The van der Waals surface area contributed by atoms with E-state index >= 15 is 0 Å². The van der Waals surface area contributed by atoms with Gasteiger partial charge in [-0.1, -0.05) is 6.07 Å². The van der Waals surface area contributed by atoms with Gasteiger partial charge in [0.1, 0.15) is 0 Å². The van der Waals surface area contributed by atoms with Crippen molar-refractivity contribution >= 4 is 38.9 Å². The standard InChI is InChI=1S/C12H9BrN2OS/c13-12-15-10(6-17-12)8-1-3-9-7(5-8)2-4-11(16)14-9/h1,3,5-6H,2,4H2,(H,14,16). The molecular formula is C12H9BrN2OS. The van der Waals surface area contributed by atoms with Crippen LogP contribution in [0.15, 0.2) is 27.5 Å². The Kier molecular flexibility index (Phi) is 2.72. The molecule has 0 saturated carbocycles. The molecule has 1 aliphatic heterocycles. The van der Waals surface area contributed by atoms with Gasteiger partial charge in [-0.25, -0.2) is 4.98 Å². The number of thiazole rings is 1. The summed E-state index contributed by atoms with van der Waals surface area (Å²) >= 11 is 4.94. The van der Waals surface area contributed by atoms with E-state index in [1.807, 2.05) is 17.5 Å². The molecule has 17 heavy (non-hydrogen) atoms. The molecule has 0 saturated heterocycles. The summed E-state index contributed by atoms with van der Waals surface area (Å²) in [6.45, 7) is 0. The molecule has 5 heteroatoms. The van der Waals surface area contributed by atoms with E-state index in [2.05, 4.69) is 32.3 Å². The maximum absolute atomic E-state index is 11.3. The van der Waals surface area contributed by atoms with E-state index in [1.165, 1.54) is 5.56 Å². The van der Waals surface area contributed by atoms with E-state index in [4.69, 9.17) is 0 Å². The first-order chi connectivity index (χ1) is 8.22. The van der Waals surface area contributed by atoms with Gasteiger partial charge in [0.25, 0.3) is 0 Å². The molecule has 1 N–H and O–H groups in total. The summed E-state index contributed by atoms with van der Waals surface area (Å²) in [6, 6.07) is 6.05. The first kappa shape index (κ1) is 10.9. The Morgan fingerprint density at radius 1 is 1.35 bits per heavy atom. The summed E-state index contributed by atoms with van der Waals surface area (Å²) in [5.41, 5.74) is 4.19. The number of amides is 1. The zero-order valence-corrected chi connectivity index (χ0v) is 11.3. The number of carbonyl (C=O) groups is 1. The fourth-order valence-electron chi connectivity index (χ4n) is 1.93. The van der Waals surface area contributed by atoms with Crippen LogP contribution in [0, 0.1) is 0 Å². The molecule has 0 spiro atoms. The van der Waals surface area contributed by atoms with Gasteiger partial charge in [0.2, 0.25) is 5.91 Å². The number of aromatic nitrogens is 1. The van der Waals surface area contributed by atoms with Crippen LogP contribution >= 0.6 is 27.3 Å². The fourth-order valence-corrected chi connectivity index (χ4v) is 2.95. The van der Waals surface area contributed by atoms with E-state index in [9.17, 15) is 4.79 Å². The lowest BCUT2D eigenvalue weighted by atomic mass is 9.99. The number of benzene rings is 1. The summed E-state index contributed by atoms with van der Waals surface area (Å²) in [5.74, 6) is 0.0988. The van der Waals surface area contributed by atoms with Crippen molar-refractivity contribution in [2.75, 3.05) is 5.32 Å². The Bertz CT molecular complexity index is 594. The first-order valence-electron chi connectivity index (χ1n) is 5.26. The quantitative estimate of drug-likeness (QED) is 0.876. The molecule has 2 aromatic rings. The molecular weight excluding hydrogens is 300 g/mol. The van der Waals surface area contributed by atoms with Gasteiger partial charge in [-0.3, -0.25) is 4.79 Å². The van der Waals surface area contributed by atoms with Crippen LogP contribution in [0.3, 0.4) is 0 Å². The molecule has 1 aromatic heterocycles. The van der Waals surface area contributed by atoms with Crippen LogP contribution in [0.4, 0.5) is 5.69 Å². The number of aryl methyl sites for hydroxylation is 1. The number of rotatable bonds is 1. The fraction of sp³-hybridized carbons (Fsp3) is 0.167. The molecule has 3 nitrogen and oxygen atoms in total. The SMILES string of the molecule is O=C1CCc2cc(-c3csc(Br)n3)ccc2N1. The second kappa shape index (κ2) is 4.23. The van der Waals surface area contributed by atoms with E-state index in [0.717, 1.165) is 27.3 Å². The minimum absolute atomic E-state index is 0.0988. The average molecular weight is 309 g/mol. The molecule has 1 amide bonds. The van der Waals surface area contributed by atoms with Gasteiger partial charge in [0, 0.05) is 23.1 Å². The number of nitrogens with zero attached hydrogens (tertiary/aromatic N) is 1. The van der Waals surface area contributed by atoms with Gasteiger partial charge < -0.3 is 5.32 Å². The topological polar surface area (TPSA) is 42.0 Å². The maximum Gasteiger partial charge on any atom is 0.224 e. The number of hydrogen-bond acceptors (Lipinski definition) is 3. The van der Waals surface area contributed by atoms with Crippen LogP contribution < -0.4 is 5.32 Å². The molecule has 0 fully saturated rings. The molecule has 1 aromatic carbocycles. The highest BCUT2D eigenvalue weighted by atomic mass is 79.9. The lowest BCUT2D eigenvalue weighted by Gasteiger charge is -2.17. The van der Waals surface area contributed by atoms with E-state index in [-0.39, 0.29) is 5.91 Å². The number of fused-ring (bicyclic) bond motifs is 1. The molecule has 2 heterocycles. The van der Waals surface area contributed by atoms with Gasteiger partial charge >= 0.3 is 0 Å². The Balaban J connectivity index is 2.01. The second-order valence-electron chi connectivity index (χ2n) is 3.91. The zero-order valence-electron chi connectivity index (χ0n) is 8.87. The Morgan fingerprint density at radius 3 is 3.00 bits per heavy atom. The van der Waals surface area contributed by atoms with Gasteiger partial charge in [-0.05, 0) is 40.0 Å². The Labute approximate surface area is 111 Å². The molecule has 1 aliphatic rings. The van der Waals surface area contributed by atoms with Gasteiger partial charge in [0.05, 0.1) is 5.69 Å². The second-order valence-corrected chi connectivity index (χ2v) is 6.04. The number of hydrogen-bond donors (Lipinski definition) is 1. The highest BCUT2D eigenvalue weighted by molar-refractivity contribution is 9.11.